The number of anilines is 1. The van der Waals surface area contributed by atoms with Crippen molar-refractivity contribution < 1.29 is 14.3 Å². The van der Waals surface area contributed by atoms with E-state index in [1.165, 1.54) is 5.56 Å². The van der Waals surface area contributed by atoms with Gasteiger partial charge in [-0.15, -0.1) is 0 Å². The number of benzene rings is 1. The van der Waals surface area contributed by atoms with Gasteiger partial charge in [-0.2, -0.15) is 0 Å². The summed E-state index contributed by atoms with van der Waals surface area (Å²) in [5, 5.41) is 2.97. The minimum absolute atomic E-state index is 0.0749. The van der Waals surface area contributed by atoms with Gasteiger partial charge in [0, 0.05) is 23.6 Å². The van der Waals surface area contributed by atoms with Gasteiger partial charge >= 0.3 is 0 Å². The molecule has 0 atom stereocenters. The van der Waals surface area contributed by atoms with E-state index in [0.29, 0.717) is 29.8 Å². The van der Waals surface area contributed by atoms with Gasteiger partial charge < -0.3 is 10.1 Å². The summed E-state index contributed by atoms with van der Waals surface area (Å²) < 4.78 is 5.38. The van der Waals surface area contributed by atoms with Crippen molar-refractivity contribution in [1.29, 1.82) is 0 Å². The molecule has 2 aliphatic rings. The maximum absolute atomic E-state index is 12.8. The number of nitrogens with one attached hydrogen (secondary N) is 1. The lowest BCUT2D eigenvalue weighted by Crippen LogP contribution is -2.51. The number of likely N-dealkylation sites (tertiary alicyclic amines) is 1. The average molecular weight is 422 g/mol. The zero-order chi connectivity index (χ0) is 21.8. The molecule has 0 aliphatic carbocycles. The highest BCUT2D eigenvalue weighted by Crippen LogP contribution is 2.38. The molecule has 2 aromatic rings. The van der Waals surface area contributed by atoms with E-state index in [-0.39, 0.29) is 11.7 Å². The smallest absolute Gasteiger partial charge is 0.238 e. The molecule has 6 nitrogen and oxygen atoms in total. The lowest BCUT2D eigenvalue weighted by molar-refractivity contribution is -0.141. The van der Waals surface area contributed by atoms with Crippen LogP contribution in [0.2, 0.25) is 0 Å². The van der Waals surface area contributed by atoms with Crippen LogP contribution in [0.4, 0.5) is 5.69 Å². The molecular formula is C25H31N3O3. The van der Waals surface area contributed by atoms with Crippen LogP contribution in [-0.4, -0.2) is 54.4 Å². The summed E-state index contributed by atoms with van der Waals surface area (Å²) in [6, 6.07) is 10.1. The van der Waals surface area contributed by atoms with Gasteiger partial charge in [0.15, 0.2) is 5.78 Å². The number of hydrogen-bond donors (Lipinski definition) is 1. The number of carbonyl (C=O) groups excluding carboxylic acids is 2. The summed E-state index contributed by atoms with van der Waals surface area (Å²) in [6.45, 7) is 7.76. The number of amides is 1. The maximum atomic E-state index is 12.8. The average Bonchev–Trinajstić information content (AvgIpc) is 2.78. The zero-order valence-corrected chi connectivity index (χ0v) is 18.4. The van der Waals surface area contributed by atoms with Crippen LogP contribution in [0.3, 0.4) is 0 Å². The number of ketones is 1. The van der Waals surface area contributed by atoms with Gasteiger partial charge in [0.2, 0.25) is 5.91 Å². The molecule has 2 saturated heterocycles. The molecule has 0 bridgehead atoms. The molecule has 2 fully saturated rings. The molecule has 31 heavy (non-hydrogen) atoms. The summed E-state index contributed by atoms with van der Waals surface area (Å²) in [7, 11) is 0. The van der Waals surface area contributed by atoms with E-state index in [1.54, 1.807) is 6.20 Å². The first-order valence-corrected chi connectivity index (χ1v) is 11.2. The molecular weight excluding hydrogens is 390 g/mol. The second kappa shape index (κ2) is 9.28. The van der Waals surface area contributed by atoms with Gasteiger partial charge in [-0.1, -0.05) is 38.1 Å². The number of rotatable bonds is 7. The fraction of sp³-hybridized carbons (Fsp3) is 0.480. The van der Waals surface area contributed by atoms with E-state index < -0.39 is 0 Å². The van der Waals surface area contributed by atoms with Crippen molar-refractivity contribution in [2.24, 2.45) is 5.41 Å². The first-order chi connectivity index (χ1) is 15.0. The van der Waals surface area contributed by atoms with Crippen molar-refractivity contribution in [2.75, 3.05) is 38.2 Å². The first-order valence-electron chi connectivity index (χ1n) is 11.2. The van der Waals surface area contributed by atoms with Crippen molar-refractivity contribution in [3.63, 3.8) is 0 Å². The van der Waals surface area contributed by atoms with Gasteiger partial charge in [-0.3, -0.25) is 19.5 Å². The monoisotopic (exact) mass is 421 g/mol. The van der Waals surface area contributed by atoms with E-state index in [9.17, 15) is 9.59 Å². The van der Waals surface area contributed by atoms with Crippen LogP contribution < -0.4 is 5.32 Å². The fourth-order valence-electron chi connectivity index (χ4n) is 4.34. The number of hydrogen-bond acceptors (Lipinski definition) is 5. The summed E-state index contributed by atoms with van der Waals surface area (Å²) in [5.74, 6) is -0.179. The van der Waals surface area contributed by atoms with Crippen LogP contribution in [0.25, 0.3) is 11.1 Å². The normalized spacial score (nSPS) is 17.9. The number of ether oxygens (including phenoxy) is 1. The molecule has 1 spiro atoms. The molecule has 3 heterocycles. The van der Waals surface area contributed by atoms with Gasteiger partial charge in [0.1, 0.15) is 5.69 Å². The Kier molecular flexibility index (Phi) is 6.49. The predicted molar refractivity (Wildman–Crippen MR) is 121 cm³/mol. The zero-order valence-electron chi connectivity index (χ0n) is 18.4. The first kappa shape index (κ1) is 21.7. The third kappa shape index (κ3) is 4.86. The Hall–Kier alpha value is -2.57. The number of Topliss-reactive ketones (excluding diaryl/α,β-unsaturated/α-hetero) is 1. The van der Waals surface area contributed by atoms with Crippen LogP contribution in [0.15, 0.2) is 36.5 Å². The second-order valence-electron chi connectivity index (χ2n) is 8.77. The van der Waals surface area contributed by atoms with Crippen LogP contribution >= 0.6 is 0 Å². The maximum Gasteiger partial charge on any atom is 0.238 e. The molecule has 1 N–H and O–H groups in total. The van der Waals surface area contributed by atoms with E-state index in [2.05, 4.69) is 34.3 Å². The molecule has 2 aliphatic heterocycles. The molecule has 0 unspecified atom stereocenters. The number of pyridine rings is 1. The van der Waals surface area contributed by atoms with Crippen molar-refractivity contribution in [1.82, 2.24) is 9.88 Å². The molecule has 1 amide bonds. The number of carbonyl (C=O) groups is 2. The van der Waals surface area contributed by atoms with Crippen LogP contribution in [0, 0.1) is 5.41 Å². The van der Waals surface area contributed by atoms with Gasteiger partial charge in [-0.05, 0) is 49.5 Å². The fourth-order valence-corrected chi connectivity index (χ4v) is 4.34. The molecule has 0 radical (unpaired) electrons. The number of nitrogens with zero attached hydrogens (tertiary/aromatic N) is 2. The highest BCUT2D eigenvalue weighted by atomic mass is 16.5. The predicted octanol–water partition coefficient (Wildman–Crippen LogP) is 3.95. The topological polar surface area (TPSA) is 71.5 Å². The van der Waals surface area contributed by atoms with Crippen molar-refractivity contribution >= 4 is 17.4 Å². The summed E-state index contributed by atoms with van der Waals surface area (Å²) in [4.78, 5) is 31.9. The Labute approximate surface area is 184 Å². The minimum Gasteiger partial charge on any atom is -0.380 e. The minimum atomic E-state index is -0.104. The molecule has 164 valence electrons. The highest BCUT2D eigenvalue weighted by molar-refractivity contribution is 6.04. The number of aryl methyl sites for hydroxylation is 1. The Morgan fingerprint density at radius 3 is 2.55 bits per heavy atom. The largest absolute Gasteiger partial charge is 0.380 e. The van der Waals surface area contributed by atoms with Crippen LogP contribution in [0.5, 0.6) is 0 Å². The van der Waals surface area contributed by atoms with Gasteiger partial charge in [0.05, 0.1) is 25.4 Å². The van der Waals surface area contributed by atoms with Crippen LogP contribution in [0.1, 0.15) is 49.2 Å². The van der Waals surface area contributed by atoms with E-state index >= 15 is 0 Å². The highest BCUT2D eigenvalue weighted by Gasteiger charge is 2.41. The summed E-state index contributed by atoms with van der Waals surface area (Å²) in [6.07, 6.45) is 5.16. The third-order valence-corrected chi connectivity index (χ3v) is 6.52. The lowest BCUT2D eigenvalue weighted by Gasteiger charge is -2.47. The molecule has 4 rings (SSSR count). The number of aromatic nitrogens is 1. The van der Waals surface area contributed by atoms with Crippen molar-refractivity contribution in [2.45, 2.75) is 39.5 Å². The van der Waals surface area contributed by atoms with Gasteiger partial charge in [0.25, 0.3) is 0 Å². The molecule has 1 aromatic heterocycles. The second-order valence-corrected chi connectivity index (χ2v) is 8.77. The molecule has 0 saturated carbocycles. The van der Waals surface area contributed by atoms with Crippen molar-refractivity contribution in [3.8, 4) is 11.1 Å². The SMILES string of the molecule is CCC(=O)c1ncc(-c2cccc(CC)c2)cc1NC(=O)CN1CCC2(CC1)COC2. The Bertz CT molecular complexity index is 958. The summed E-state index contributed by atoms with van der Waals surface area (Å²) >= 11 is 0. The molecule has 1 aromatic carbocycles. The molecule has 6 heteroatoms. The lowest BCUT2D eigenvalue weighted by atomic mass is 9.77. The van der Waals surface area contributed by atoms with E-state index in [1.807, 2.05) is 25.1 Å². The van der Waals surface area contributed by atoms with E-state index in [0.717, 1.165) is 56.7 Å². The Morgan fingerprint density at radius 1 is 1.13 bits per heavy atom. The van der Waals surface area contributed by atoms with E-state index in [4.69, 9.17) is 4.74 Å². The Balaban J connectivity index is 1.49. The van der Waals surface area contributed by atoms with Gasteiger partial charge in [-0.25, -0.2) is 0 Å². The van der Waals surface area contributed by atoms with Crippen molar-refractivity contribution in [3.05, 3.63) is 47.8 Å². The third-order valence-electron chi connectivity index (χ3n) is 6.52. The number of piperidine rings is 1. The summed E-state index contributed by atoms with van der Waals surface area (Å²) in [5.41, 5.74) is 4.33. The quantitative estimate of drug-likeness (QED) is 0.686. The standard InChI is InChI=1S/C25H31N3O3/c1-3-18-6-5-7-19(12-18)20-13-21(24(26-14-20)22(29)4-2)27-23(30)15-28-10-8-25(9-11-28)16-31-17-25/h5-7,12-14H,3-4,8-11,15-17H2,1-2H3,(H,27,30). The van der Waals surface area contributed by atoms with Crippen LogP contribution in [-0.2, 0) is 16.0 Å². The Morgan fingerprint density at radius 2 is 1.90 bits per heavy atom.